The van der Waals surface area contributed by atoms with Crippen molar-refractivity contribution in [3.63, 3.8) is 0 Å². The number of hydrogen-bond acceptors (Lipinski definition) is 2. The van der Waals surface area contributed by atoms with Gasteiger partial charge in [0.2, 0.25) is 0 Å². The van der Waals surface area contributed by atoms with Crippen molar-refractivity contribution in [2.75, 3.05) is 13.1 Å². The van der Waals surface area contributed by atoms with Crippen LogP contribution in [0.4, 0.5) is 0 Å². The quantitative estimate of drug-likeness (QED) is 0.801. The molecular formula is C24H32N2O. The van der Waals surface area contributed by atoms with Crippen LogP contribution in [0.3, 0.4) is 0 Å². The number of hydrogen-bond donors (Lipinski definition) is 1. The summed E-state index contributed by atoms with van der Waals surface area (Å²) in [4.78, 5) is 15.2. The van der Waals surface area contributed by atoms with Crippen LogP contribution in [0.5, 0.6) is 0 Å². The van der Waals surface area contributed by atoms with Gasteiger partial charge in [-0.2, -0.15) is 0 Å². The first-order valence-electron chi connectivity index (χ1n) is 10.1. The first-order chi connectivity index (χ1) is 12.9. The first kappa shape index (κ1) is 19.6. The van der Waals surface area contributed by atoms with Crippen LogP contribution in [-0.4, -0.2) is 23.9 Å². The summed E-state index contributed by atoms with van der Waals surface area (Å²) in [6.45, 7) is 11.8. The number of benzene rings is 2. The van der Waals surface area contributed by atoms with E-state index in [1.807, 2.05) is 12.1 Å². The van der Waals surface area contributed by atoms with E-state index in [0.717, 1.165) is 12.1 Å². The monoisotopic (exact) mass is 364 g/mol. The van der Waals surface area contributed by atoms with Gasteiger partial charge in [0.15, 0.2) is 0 Å². The summed E-state index contributed by atoms with van der Waals surface area (Å²) in [6, 6.07) is 12.5. The van der Waals surface area contributed by atoms with Crippen molar-refractivity contribution in [1.82, 2.24) is 10.2 Å². The Hall–Kier alpha value is -2.13. The molecule has 1 saturated heterocycles. The molecule has 0 bridgehead atoms. The second kappa shape index (κ2) is 8.71. The van der Waals surface area contributed by atoms with E-state index in [0.29, 0.717) is 0 Å². The molecule has 0 spiro atoms. The lowest BCUT2D eigenvalue weighted by atomic mass is 9.96. The average Bonchev–Trinajstić information content (AvgIpc) is 2.66. The lowest BCUT2D eigenvalue weighted by Crippen LogP contribution is -2.29. The summed E-state index contributed by atoms with van der Waals surface area (Å²) in [5.41, 5.74) is 6.98. The van der Waals surface area contributed by atoms with E-state index in [9.17, 15) is 4.79 Å². The molecule has 1 heterocycles. The summed E-state index contributed by atoms with van der Waals surface area (Å²) in [5, 5.41) is 3.15. The summed E-state index contributed by atoms with van der Waals surface area (Å²) >= 11 is 0. The molecule has 1 N–H and O–H groups in total. The normalized spacial score (nSPS) is 16.1. The molecule has 1 atom stereocenters. The second-order valence-corrected chi connectivity index (χ2v) is 8.02. The van der Waals surface area contributed by atoms with E-state index in [-0.39, 0.29) is 11.9 Å². The molecule has 0 saturated carbocycles. The number of carbonyl (C=O) groups is 1. The SMILES string of the molecule is Cc1cc(C)c([C@H](C)NC(=O)c2ccc(CN3CCCCC3)cc2)cc1C. The van der Waals surface area contributed by atoms with Crippen LogP contribution in [0.1, 0.15) is 70.4 Å². The predicted molar refractivity (Wildman–Crippen MR) is 112 cm³/mol. The number of piperidine rings is 1. The standard InChI is InChI=1S/C24H32N2O/c1-17-14-19(3)23(15-18(17)2)20(4)25-24(27)22-10-8-21(9-11-22)16-26-12-6-5-7-13-26/h8-11,14-15,20H,5-7,12-13,16H2,1-4H3,(H,25,27)/t20-/m0/s1. The van der Waals surface area contributed by atoms with Crippen LogP contribution in [0.2, 0.25) is 0 Å². The Balaban J connectivity index is 1.63. The Morgan fingerprint density at radius 1 is 0.963 bits per heavy atom. The number of amides is 1. The Kier molecular flexibility index (Phi) is 6.33. The molecule has 3 nitrogen and oxygen atoms in total. The topological polar surface area (TPSA) is 32.3 Å². The maximum Gasteiger partial charge on any atom is 0.251 e. The fraction of sp³-hybridized carbons (Fsp3) is 0.458. The van der Waals surface area contributed by atoms with Gasteiger partial charge in [0.25, 0.3) is 5.91 Å². The number of carbonyl (C=O) groups excluding carboxylic acids is 1. The van der Waals surface area contributed by atoms with Crippen LogP contribution < -0.4 is 5.32 Å². The summed E-state index contributed by atoms with van der Waals surface area (Å²) < 4.78 is 0. The van der Waals surface area contributed by atoms with Gasteiger partial charge < -0.3 is 5.32 Å². The molecule has 2 aromatic carbocycles. The van der Waals surface area contributed by atoms with E-state index in [2.05, 4.69) is 62.2 Å². The molecule has 3 heteroatoms. The van der Waals surface area contributed by atoms with Gasteiger partial charge >= 0.3 is 0 Å². The summed E-state index contributed by atoms with van der Waals surface area (Å²) in [6.07, 6.45) is 3.96. The number of aryl methyl sites for hydroxylation is 3. The minimum atomic E-state index is -0.00958. The number of likely N-dealkylation sites (tertiary alicyclic amines) is 1. The fourth-order valence-corrected chi connectivity index (χ4v) is 3.94. The molecule has 0 aliphatic carbocycles. The van der Waals surface area contributed by atoms with Gasteiger partial charge in [-0.15, -0.1) is 0 Å². The smallest absolute Gasteiger partial charge is 0.251 e. The highest BCUT2D eigenvalue weighted by molar-refractivity contribution is 5.94. The zero-order valence-corrected chi connectivity index (χ0v) is 17.1. The average molecular weight is 365 g/mol. The largest absolute Gasteiger partial charge is 0.346 e. The minimum Gasteiger partial charge on any atom is -0.346 e. The third-order valence-corrected chi connectivity index (χ3v) is 5.77. The highest BCUT2D eigenvalue weighted by Crippen LogP contribution is 2.22. The zero-order valence-electron chi connectivity index (χ0n) is 17.1. The van der Waals surface area contributed by atoms with Crippen molar-refractivity contribution >= 4 is 5.91 Å². The lowest BCUT2D eigenvalue weighted by molar-refractivity contribution is 0.0940. The molecule has 144 valence electrons. The molecule has 1 aliphatic rings. The van der Waals surface area contributed by atoms with Gasteiger partial charge in [-0.3, -0.25) is 9.69 Å². The molecule has 1 aliphatic heterocycles. The molecule has 1 fully saturated rings. The van der Waals surface area contributed by atoms with E-state index >= 15 is 0 Å². The Bertz CT molecular complexity index is 789. The van der Waals surface area contributed by atoms with E-state index in [1.165, 1.54) is 60.2 Å². The van der Waals surface area contributed by atoms with Crippen LogP contribution in [0.15, 0.2) is 36.4 Å². The van der Waals surface area contributed by atoms with Crippen molar-refractivity contribution in [3.05, 3.63) is 69.8 Å². The summed E-state index contributed by atoms with van der Waals surface area (Å²) in [7, 11) is 0. The van der Waals surface area contributed by atoms with Gasteiger partial charge in [-0.05, 0) is 93.6 Å². The van der Waals surface area contributed by atoms with Gasteiger partial charge in [0.05, 0.1) is 6.04 Å². The molecule has 0 radical (unpaired) electrons. The molecular weight excluding hydrogens is 332 g/mol. The highest BCUT2D eigenvalue weighted by Gasteiger charge is 2.15. The van der Waals surface area contributed by atoms with Crippen LogP contribution >= 0.6 is 0 Å². The first-order valence-corrected chi connectivity index (χ1v) is 10.1. The predicted octanol–water partition coefficient (Wildman–Crippen LogP) is 5.09. The molecule has 27 heavy (non-hydrogen) atoms. The Morgan fingerprint density at radius 2 is 1.59 bits per heavy atom. The van der Waals surface area contributed by atoms with Crippen LogP contribution in [0.25, 0.3) is 0 Å². The minimum absolute atomic E-state index is 0.00942. The van der Waals surface area contributed by atoms with Gasteiger partial charge in [-0.1, -0.05) is 30.7 Å². The second-order valence-electron chi connectivity index (χ2n) is 8.02. The van der Waals surface area contributed by atoms with Gasteiger partial charge in [0, 0.05) is 12.1 Å². The molecule has 0 unspecified atom stereocenters. The van der Waals surface area contributed by atoms with Crippen molar-refractivity contribution in [2.24, 2.45) is 0 Å². The fourth-order valence-electron chi connectivity index (χ4n) is 3.94. The van der Waals surface area contributed by atoms with Crippen LogP contribution in [-0.2, 0) is 6.54 Å². The summed E-state index contributed by atoms with van der Waals surface area (Å²) in [5.74, 6) is -0.00958. The molecule has 1 amide bonds. The van der Waals surface area contributed by atoms with Crippen LogP contribution in [0, 0.1) is 20.8 Å². The maximum absolute atomic E-state index is 12.7. The van der Waals surface area contributed by atoms with Crippen molar-refractivity contribution < 1.29 is 4.79 Å². The Morgan fingerprint density at radius 3 is 2.26 bits per heavy atom. The lowest BCUT2D eigenvalue weighted by Gasteiger charge is -2.26. The maximum atomic E-state index is 12.7. The number of nitrogens with one attached hydrogen (secondary N) is 1. The number of rotatable bonds is 5. The molecule has 0 aromatic heterocycles. The zero-order chi connectivity index (χ0) is 19.4. The van der Waals surface area contributed by atoms with Crippen molar-refractivity contribution in [2.45, 2.75) is 59.5 Å². The van der Waals surface area contributed by atoms with Crippen molar-refractivity contribution in [1.29, 1.82) is 0 Å². The van der Waals surface area contributed by atoms with Gasteiger partial charge in [-0.25, -0.2) is 0 Å². The third kappa shape index (κ3) is 4.98. The van der Waals surface area contributed by atoms with E-state index in [1.54, 1.807) is 0 Å². The van der Waals surface area contributed by atoms with Crippen molar-refractivity contribution in [3.8, 4) is 0 Å². The highest BCUT2D eigenvalue weighted by atomic mass is 16.1. The molecule has 3 rings (SSSR count). The van der Waals surface area contributed by atoms with E-state index in [4.69, 9.17) is 0 Å². The molecule has 2 aromatic rings. The van der Waals surface area contributed by atoms with E-state index < -0.39 is 0 Å². The number of nitrogens with zero attached hydrogens (tertiary/aromatic N) is 1. The third-order valence-electron chi connectivity index (χ3n) is 5.77. The van der Waals surface area contributed by atoms with Gasteiger partial charge in [0.1, 0.15) is 0 Å². The Labute approximate surface area is 163 Å².